The highest BCUT2D eigenvalue weighted by molar-refractivity contribution is 7.90. The molecule has 0 radical (unpaired) electrons. The van der Waals surface area contributed by atoms with Crippen LogP contribution in [0.1, 0.15) is 103 Å². The first-order chi connectivity index (χ1) is 59.3. The maximum Gasteiger partial charge on any atom is 0.295 e. The number of nitrogens with one attached hydrogen (secondary N) is 6. The molecule has 0 aliphatic carbocycles. The third-order valence-corrected chi connectivity index (χ3v) is 27.5. The van der Waals surface area contributed by atoms with E-state index in [4.69, 9.17) is 45.9 Å². The molecule has 0 aliphatic heterocycles. The second-order valence-corrected chi connectivity index (χ2v) is 38.6. The topological polar surface area (TPSA) is 753 Å². The highest BCUT2D eigenvalue weighted by Gasteiger charge is 2.32. The Morgan fingerprint density at radius 3 is 0.579 bits per heavy atom. The van der Waals surface area contributed by atoms with Gasteiger partial charge in [0.25, 0.3) is 20.2 Å². The maximum absolute atomic E-state index is 14.3. The Bertz CT molecular complexity index is 5380. The number of hydrogen-bond donors (Lipinski definition) is 16. The Morgan fingerprint density at radius 1 is 0.254 bits per heavy atom. The molecule has 0 saturated carbocycles. The van der Waals surface area contributed by atoms with E-state index in [9.17, 15) is 98.0 Å². The van der Waals surface area contributed by atoms with E-state index < -0.39 is 164 Å². The number of carbonyl (C=O) groups is 8. The fraction of sp³-hybridized carbons (Fsp3) is 0.324. The molecule has 126 heavy (non-hydrogen) atoms. The van der Waals surface area contributed by atoms with Crippen LogP contribution in [0, 0.1) is 0 Å². The zero-order chi connectivity index (χ0) is 92.5. The molecule has 24 N–H and O–H groups in total. The number of benzene rings is 6. The molecule has 8 amide bonds. The summed E-state index contributed by atoms with van der Waals surface area (Å²) in [5.41, 5.74) is 41.1. The largest absolute Gasteiger partial charge is 0.370 e. The lowest BCUT2D eigenvalue weighted by Gasteiger charge is -2.22. The van der Waals surface area contributed by atoms with Gasteiger partial charge in [0.15, 0.2) is 0 Å². The molecule has 0 atom stereocenters. The van der Waals surface area contributed by atoms with Gasteiger partial charge in [0.05, 0.1) is 19.6 Å². The molecule has 6 aromatic carbocycles. The average Bonchev–Trinajstić information content (AvgIpc) is 0.762. The molecule has 0 fully saturated rings. The van der Waals surface area contributed by atoms with Crippen LogP contribution >= 0.6 is 0 Å². The lowest BCUT2D eigenvalue weighted by atomic mass is 10.0. The van der Waals surface area contributed by atoms with Gasteiger partial charge in [0.2, 0.25) is 123 Å². The highest BCUT2D eigenvalue weighted by atomic mass is 32.2. The molecule has 52 heteroatoms. The quantitative estimate of drug-likeness (QED) is 0.0244. The molecule has 2 aromatic heterocycles. The van der Waals surface area contributed by atoms with Crippen molar-refractivity contribution >= 4 is 177 Å². The summed E-state index contributed by atoms with van der Waals surface area (Å²) in [5.74, 6) is -8.18. The summed E-state index contributed by atoms with van der Waals surface area (Å²) in [5, 5.41) is 17.0. The van der Waals surface area contributed by atoms with Gasteiger partial charge in [-0.1, -0.05) is 36.4 Å². The first-order valence-electron chi connectivity index (χ1n) is 38.3. The van der Waals surface area contributed by atoms with Gasteiger partial charge in [-0.25, -0.2) is 33.7 Å². The van der Waals surface area contributed by atoms with E-state index >= 15 is 0 Å². The van der Waals surface area contributed by atoms with Gasteiger partial charge >= 0.3 is 0 Å². The Hall–Kier alpha value is -12.6. The van der Waals surface area contributed by atoms with Crippen molar-refractivity contribution in [3.8, 4) is 11.1 Å². The zero-order valence-corrected chi connectivity index (χ0v) is 72.2. The van der Waals surface area contributed by atoms with Crippen LogP contribution in [0.25, 0.3) is 11.1 Å². The van der Waals surface area contributed by atoms with Crippen LogP contribution in [-0.4, -0.2) is 206 Å². The van der Waals surface area contributed by atoms with Crippen LogP contribution in [0.15, 0.2) is 163 Å². The van der Waals surface area contributed by atoms with Gasteiger partial charge in [-0.15, -0.1) is 0 Å². The van der Waals surface area contributed by atoms with Gasteiger partial charge in [-0.2, -0.15) is 64.0 Å². The number of sulfonamides is 4. The summed E-state index contributed by atoms with van der Waals surface area (Å²) < 4.78 is 195. The number of aromatic nitrogens is 6. The molecule has 8 rings (SSSR count). The predicted molar refractivity (Wildman–Crippen MR) is 459 cm³/mol. The van der Waals surface area contributed by atoms with E-state index in [1.54, 1.807) is 0 Å². The minimum atomic E-state index is -5.49. The highest BCUT2D eigenvalue weighted by Crippen LogP contribution is 2.38. The molecule has 0 bridgehead atoms. The lowest BCUT2D eigenvalue weighted by molar-refractivity contribution is -0.119. The second-order valence-electron chi connectivity index (χ2n) is 28.0. The number of anilines is 12. The lowest BCUT2D eigenvalue weighted by Crippen LogP contribution is -2.34. The molecule has 46 nitrogen and oxygen atoms in total. The van der Waals surface area contributed by atoms with Crippen molar-refractivity contribution in [1.82, 2.24) is 47.1 Å². The van der Waals surface area contributed by atoms with E-state index in [1.165, 1.54) is 97.1 Å². The Kier molecular flexibility index (Phi) is 34.7. The molecule has 2 heterocycles. The predicted octanol–water partition coefficient (Wildman–Crippen LogP) is 2.77. The SMILES string of the molecule is NC(=O)CCCN(CCCC(N)=O)S(=O)(=O)c1cccc(Nc2nc(Nc3cccc(S(=O)(=O)N(CCCC(N)=O)CCCC(N)=O)c3)nc(Nc3ccc(-c4ccc(Nc5nc(Nc6cccc(S(=O)(=O)N(CCCC(N)=O)CCCC(N)=O)c6)nc(Nc6cccc(S(=O)(=O)N(CCCC(N)=O)CCCC(N)=O)c6)n5)cc4S(=O)(=O)O)c(S(=O)(=O)O)c3)n2)c1. The fourth-order valence-corrected chi connectivity index (χ4v) is 20.0. The van der Waals surface area contributed by atoms with Crippen molar-refractivity contribution in [2.24, 2.45) is 45.9 Å². The smallest absolute Gasteiger partial charge is 0.295 e. The molecule has 0 aliphatic rings. The van der Waals surface area contributed by atoms with Crippen LogP contribution in [0.5, 0.6) is 0 Å². The number of nitrogens with two attached hydrogens (primary N) is 8. The van der Waals surface area contributed by atoms with Crippen molar-refractivity contribution in [2.45, 2.75) is 132 Å². The number of amides is 8. The number of primary amides is 8. The molecule has 0 saturated heterocycles. The summed E-state index contributed by atoms with van der Waals surface area (Å²) in [4.78, 5) is 117. The van der Waals surface area contributed by atoms with E-state index in [0.29, 0.717) is 0 Å². The fourth-order valence-electron chi connectivity index (χ4n) is 12.3. The summed E-state index contributed by atoms with van der Waals surface area (Å²) in [6.07, 6.45) is -1.42. The van der Waals surface area contributed by atoms with Crippen LogP contribution < -0.4 is 77.8 Å². The molecular weight excluding hydrogens is 1770 g/mol. The van der Waals surface area contributed by atoms with Crippen LogP contribution in [-0.2, 0) is 98.7 Å². The molecule has 678 valence electrons. The van der Waals surface area contributed by atoms with E-state index in [0.717, 1.165) is 53.6 Å². The third-order valence-electron chi connectivity index (χ3n) is 18.1. The summed E-state index contributed by atoms with van der Waals surface area (Å²) in [6, 6.07) is 26.7. The van der Waals surface area contributed by atoms with Gasteiger partial charge in [0, 0.05) is 149 Å². The van der Waals surface area contributed by atoms with Crippen molar-refractivity contribution < 1.29 is 98.0 Å². The summed E-state index contributed by atoms with van der Waals surface area (Å²) >= 11 is 0. The molecule has 0 spiro atoms. The van der Waals surface area contributed by atoms with Crippen molar-refractivity contribution in [3.63, 3.8) is 0 Å². The number of rotatable bonds is 55. The van der Waals surface area contributed by atoms with E-state index in [1.807, 2.05) is 0 Å². The first-order valence-corrected chi connectivity index (χ1v) is 47.0. The minimum absolute atomic E-state index is 0.00168. The van der Waals surface area contributed by atoms with Crippen molar-refractivity contribution in [1.29, 1.82) is 0 Å². The van der Waals surface area contributed by atoms with Crippen molar-refractivity contribution in [2.75, 3.05) is 84.3 Å². The first kappa shape index (κ1) is 98.8. The Morgan fingerprint density at radius 2 is 0.421 bits per heavy atom. The van der Waals surface area contributed by atoms with Crippen LogP contribution in [0.2, 0.25) is 0 Å². The summed E-state index contributed by atoms with van der Waals surface area (Å²) in [6.45, 7) is -1.62. The number of nitrogens with zero attached hydrogens (tertiary/aromatic N) is 10. The monoisotopic (exact) mass is 1860 g/mol. The Labute approximate surface area is 724 Å². The van der Waals surface area contributed by atoms with E-state index in [-0.39, 0.29) is 209 Å². The standard InChI is InChI=1S/C74H94N24O22S6/c75-61(99)21-5-33-95(34-6-22-62(76)100)121(107,108)53-17-1-13-47(41-53)83-69-89-70(84-48-14-2-18-54(42-48)122(109,110)96(35-7-23-63(77)101)36-8-24-64(78)102)92-73(91-69)87-51-29-31-57(59(45-51)125(115,116)117)58-32-30-52(46-60(58)126(118,119)120)88-74-93-71(85-49-15-3-19-55(43-49)123(111,112)97(37-9-25-65(79)103)38-10-26-66(80)104)90-72(94-74)86-50-16-4-20-56(44-50)124(113,114)98(39-11-27-67(81)105)40-12-28-68(82)106/h1-4,13-20,29-32,41-46H,5-12,21-28,33-40H2,(H2,75,99)(H2,76,100)(H2,77,101)(H2,78,102)(H2,79,103)(H2,80,104)(H2,81,105)(H2,82,106)(H,115,116,117)(H,118,119,120)(H3,83,84,87,89,91,92)(H3,85,86,88,90,93,94). The van der Waals surface area contributed by atoms with Crippen molar-refractivity contribution in [3.05, 3.63) is 133 Å². The molecular formula is C74H94N24O22S6. The maximum atomic E-state index is 14.3. The molecule has 0 unspecified atom stereocenters. The molecule has 8 aromatic rings. The third kappa shape index (κ3) is 29.8. The normalized spacial score (nSPS) is 12.1. The Balaban J connectivity index is 1.20. The van der Waals surface area contributed by atoms with Gasteiger partial charge in [-0.3, -0.25) is 47.5 Å². The minimum Gasteiger partial charge on any atom is -0.370 e. The van der Waals surface area contributed by atoms with E-state index in [2.05, 4.69) is 61.8 Å². The van der Waals surface area contributed by atoms with Gasteiger partial charge in [0.1, 0.15) is 9.79 Å². The van der Waals surface area contributed by atoms with Gasteiger partial charge in [-0.05, 0) is 148 Å². The summed E-state index contributed by atoms with van der Waals surface area (Å²) in [7, 11) is -28.7. The van der Waals surface area contributed by atoms with Crippen LogP contribution in [0.4, 0.5) is 69.8 Å². The van der Waals surface area contributed by atoms with Crippen LogP contribution in [0.3, 0.4) is 0 Å². The number of carbonyl (C=O) groups excluding carboxylic acids is 8. The van der Waals surface area contributed by atoms with Gasteiger partial charge < -0.3 is 77.8 Å². The zero-order valence-electron chi connectivity index (χ0n) is 67.3. The number of hydrogen-bond acceptors (Lipinski definition) is 32. The second kappa shape index (κ2) is 44.3. The average molecular weight is 1860 g/mol.